The van der Waals surface area contributed by atoms with Crippen molar-refractivity contribution in [3.05, 3.63) is 59.2 Å². The number of rotatable bonds is 2. The number of nitrogens with zero attached hydrogens (tertiary/aromatic N) is 3. The van der Waals surface area contributed by atoms with Gasteiger partial charge in [0.2, 0.25) is 0 Å². The highest BCUT2D eigenvalue weighted by Gasteiger charge is 2.07. The predicted octanol–water partition coefficient (Wildman–Crippen LogP) is 2.76. The van der Waals surface area contributed by atoms with Gasteiger partial charge >= 0.3 is 5.63 Å². The van der Waals surface area contributed by atoms with E-state index in [4.69, 9.17) is 8.83 Å². The normalized spacial score (nSPS) is 11.8. The van der Waals surface area contributed by atoms with Crippen LogP contribution < -0.4 is 5.63 Å². The second-order valence-electron chi connectivity index (χ2n) is 4.52. The van der Waals surface area contributed by atoms with Gasteiger partial charge in [-0.15, -0.1) is 0 Å². The molecule has 0 spiro atoms. The van der Waals surface area contributed by atoms with Crippen LogP contribution in [-0.4, -0.2) is 14.8 Å². The first-order chi connectivity index (χ1) is 10.3. The first-order valence-corrected chi connectivity index (χ1v) is 6.27. The zero-order chi connectivity index (χ0) is 14.2. The van der Waals surface area contributed by atoms with Crippen molar-refractivity contribution < 1.29 is 8.83 Å². The zero-order valence-corrected chi connectivity index (χ0v) is 10.8. The summed E-state index contributed by atoms with van der Waals surface area (Å²) in [4.78, 5) is 15.1. The third kappa shape index (κ3) is 2.02. The average Bonchev–Trinajstić information content (AvgIpc) is 3.12. The van der Waals surface area contributed by atoms with Crippen molar-refractivity contribution in [2.75, 3.05) is 0 Å². The Labute approximate surface area is 117 Å². The monoisotopic (exact) mass is 279 g/mol. The maximum absolute atomic E-state index is 11.2. The molecule has 1 aromatic carbocycles. The molecule has 0 unspecified atom stereocenters. The van der Waals surface area contributed by atoms with Crippen LogP contribution in [0, 0.1) is 0 Å². The summed E-state index contributed by atoms with van der Waals surface area (Å²) in [5, 5.41) is 5.78. The van der Waals surface area contributed by atoms with Gasteiger partial charge in [-0.3, -0.25) is 0 Å². The lowest BCUT2D eigenvalue weighted by Crippen LogP contribution is -1.93. The number of aromatic nitrogens is 3. The second kappa shape index (κ2) is 4.45. The molecule has 102 valence electrons. The molecule has 21 heavy (non-hydrogen) atoms. The van der Waals surface area contributed by atoms with E-state index in [-0.39, 0.29) is 5.63 Å². The van der Waals surface area contributed by atoms with E-state index in [1.54, 1.807) is 35.6 Å². The summed E-state index contributed by atoms with van der Waals surface area (Å²) in [5.41, 5.74) is 1.71. The summed E-state index contributed by atoms with van der Waals surface area (Å²) < 4.78 is 12.2. The van der Waals surface area contributed by atoms with Crippen molar-refractivity contribution in [3.63, 3.8) is 0 Å². The van der Waals surface area contributed by atoms with Gasteiger partial charge in [-0.05, 0) is 18.2 Å². The third-order valence-electron chi connectivity index (χ3n) is 3.19. The van der Waals surface area contributed by atoms with Crippen LogP contribution in [0.1, 0.15) is 5.56 Å². The maximum atomic E-state index is 11.2. The van der Waals surface area contributed by atoms with Gasteiger partial charge in [0, 0.05) is 34.7 Å². The molecule has 6 heteroatoms. The van der Waals surface area contributed by atoms with E-state index in [1.165, 1.54) is 12.4 Å². The molecule has 0 saturated heterocycles. The summed E-state index contributed by atoms with van der Waals surface area (Å²) in [6.07, 6.45) is 8.38. The average molecular weight is 279 g/mol. The van der Waals surface area contributed by atoms with Crippen LogP contribution in [0.5, 0.6) is 0 Å². The Hall–Kier alpha value is -3.15. The number of benzene rings is 1. The van der Waals surface area contributed by atoms with Crippen LogP contribution in [0.25, 0.3) is 34.2 Å². The molecule has 0 bridgehead atoms. The molecule has 0 fully saturated rings. The number of fused-ring (bicyclic) bond motifs is 2. The molecule has 0 amide bonds. The molecule has 6 nitrogen and oxygen atoms in total. The molecule has 0 aliphatic carbocycles. The van der Waals surface area contributed by atoms with Crippen molar-refractivity contribution >= 4 is 34.2 Å². The van der Waals surface area contributed by atoms with Gasteiger partial charge in [0.1, 0.15) is 23.8 Å². The molecule has 0 radical (unpaired) electrons. The van der Waals surface area contributed by atoms with Crippen molar-refractivity contribution in [1.82, 2.24) is 14.8 Å². The van der Waals surface area contributed by atoms with Crippen LogP contribution in [0.3, 0.4) is 0 Å². The van der Waals surface area contributed by atoms with Gasteiger partial charge in [-0.25, -0.2) is 14.5 Å². The minimum atomic E-state index is -0.375. The molecule has 4 aromatic rings. The highest BCUT2D eigenvalue weighted by molar-refractivity contribution is 5.97. The highest BCUT2D eigenvalue weighted by atomic mass is 16.4. The lowest BCUT2D eigenvalue weighted by atomic mass is 10.1. The number of hydrogen-bond acceptors (Lipinski definition) is 5. The molecule has 0 N–H and O–H groups in total. The quantitative estimate of drug-likeness (QED) is 0.527. The van der Waals surface area contributed by atoms with Crippen LogP contribution >= 0.6 is 0 Å². The van der Waals surface area contributed by atoms with Gasteiger partial charge in [0.15, 0.2) is 0 Å². The van der Waals surface area contributed by atoms with E-state index in [1.807, 2.05) is 12.1 Å². The molecule has 0 aliphatic rings. The van der Waals surface area contributed by atoms with Crippen LogP contribution in [-0.2, 0) is 0 Å². The van der Waals surface area contributed by atoms with Crippen LogP contribution in [0.15, 0.2) is 56.8 Å². The van der Waals surface area contributed by atoms with Crippen LogP contribution in [0.2, 0.25) is 0 Å². The van der Waals surface area contributed by atoms with E-state index in [2.05, 4.69) is 10.1 Å². The first-order valence-electron chi connectivity index (χ1n) is 6.27. The molecule has 0 atom stereocenters. The topological polar surface area (TPSA) is 74.1 Å². The zero-order valence-electron chi connectivity index (χ0n) is 10.8. The summed E-state index contributed by atoms with van der Waals surface area (Å²) >= 11 is 0. The van der Waals surface area contributed by atoms with Crippen LogP contribution in [0.4, 0.5) is 0 Å². The molecular formula is C15H9N3O3. The fraction of sp³-hybridized carbons (Fsp3) is 0. The van der Waals surface area contributed by atoms with Crippen molar-refractivity contribution in [3.8, 4) is 0 Å². The number of furan rings is 1. The third-order valence-corrected chi connectivity index (χ3v) is 3.19. The fourth-order valence-corrected chi connectivity index (χ4v) is 2.19. The Morgan fingerprint density at radius 1 is 1.19 bits per heavy atom. The predicted molar refractivity (Wildman–Crippen MR) is 77.5 cm³/mol. The van der Waals surface area contributed by atoms with E-state index in [0.29, 0.717) is 11.2 Å². The minimum Gasteiger partial charge on any atom is -0.464 e. The largest absolute Gasteiger partial charge is 0.464 e. The van der Waals surface area contributed by atoms with Crippen molar-refractivity contribution in [2.24, 2.45) is 0 Å². The summed E-state index contributed by atoms with van der Waals surface area (Å²) in [6, 6.07) is 6.79. The van der Waals surface area contributed by atoms with Crippen molar-refractivity contribution in [1.29, 1.82) is 0 Å². The molecule has 4 rings (SSSR count). The van der Waals surface area contributed by atoms with Gasteiger partial charge in [0.05, 0.1) is 6.26 Å². The summed E-state index contributed by atoms with van der Waals surface area (Å²) in [7, 11) is 0. The SMILES string of the molecule is O=c1ccc2cc3c(/C=C/n4cncn4)coc3cc2o1. The second-order valence-corrected chi connectivity index (χ2v) is 4.52. The van der Waals surface area contributed by atoms with Gasteiger partial charge in [-0.1, -0.05) is 0 Å². The maximum Gasteiger partial charge on any atom is 0.336 e. The van der Waals surface area contributed by atoms with E-state index in [9.17, 15) is 4.79 Å². The Morgan fingerprint density at radius 2 is 2.14 bits per heavy atom. The fourth-order valence-electron chi connectivity index (χ4n) is 2.19. The van der Waals surface area contributed by atoms with Crippen molar-refractivity contribution in [2.45, 2.75) is 0 Å². The first kappa shape index (κ1) is 11.7. The minimum absolute atomic E-state index is 0.375. The molecule has 0 aliphatic heterocycles. The summed E-state index contributed by atoms with van der Waals surface area (Å²) in [6.45, 7) is 0. The van der Waals surface area contributed by atoms with Gasteiger partial charge in [-0.2, -0.15) is 5.10 Å². The summed E-state index contributed by atoms with van der Waals surface area (Å²) in [5.74, 6) is 0. The number of hydrogen-bond donors (Lipinski definition) is 0. The lowest BCUT2D eigenvalue weighted by Gasteiger charge is -1.96. The molecule has 0 saturated carbocycles. The Kier molecular flexibility index (Phi) is 2.47. The molecule has 3 heterocycles. The molecular weight excluding hydrogens is 270 g/mol. The Bertz CT molecular complexity index is 1010. The lowest BCUT2D eigenvalue weighted by molar-refractivity contribution is 0.559. The Morgan fingerprint density at radius 3 is 3.00 bits per heavy atom. The highest BCUT2D eigenvalue weighted by Crippen LogP contribution is 2.27. The van der Waals surface area contributed by atoms with E-state index >= 15 is 0 Å². The van der Waals surface area contributed by atoms with E-state index < -0.39 is 0 Å². The molecule has 3 aromatic heterocycles. The Balaban J connectivity index is 1.87. The standard InChI is InChI=1S/C15H9N3O3/c19-15-2-1-10-5-12-11(3-4-18-9-16-8-17-18)7-20-14(12)6-13(10)21-15/h1-9H/b4-3+. The van der Waals surface area contributed by atoms with Gasteiger partial charge in [0.25, 0.3) is 0 Å². The van der Waals surface area contributed by atoms with Gasteiger partial charge < -0.3 is 8.83 Å². The van der Waals surface area contributed by atoms with E-state index in [0.717, 1.165) is 16.3 Å². The smallest absolute Gasteiger partial charge is 0.336 e.